The molecule has 0 unspecified atom stereocenters. The minimum Gasteiger partial charge on any atom is -0.435 e. The minimum atomic E-state index is 0.291. The van der Waals surface area contributed by atoms with Crippen molar-refractivity contribution in [3.05, 3.63) is 18.5 Å². The summed E-state index contributed by atoms with van der Waals surface area (Å²) in [4.78, 5) is 8.27. The lowest BCUT2D eigenvalue weighted by Crippen LogP contribution is -2.00. The standard InChI is InChI=1S/C11H15N5OS/c1-7(2)16-6-8(5-13-16)17-10-4-9(12)14-11(15-10)18-3/h4-7H,1-3H3,(H2,12,14,15). The van der Waals surface area contributed by atoms with E-state index < -0.39 is 0 Å². The second-order valence-electron chi connectivity index (χ2n) is 3.97. The molecule has 7 heteroatoms. The molecule has 0 saturated carbocycles. The van der Waals surface area contributed by atoms with Crippen molar-refractivity contribution in [2.24, 2.45) is 0 Å². The van der Waals surface area contributed by atoms with Crippen molar-refractivity contribution in [2.75, 3.05) is 12.0 Å². The Labute approximate surface area is 110 Å². The van der Waals surface area contributed by atoms with Gasteiger partial charge in [-0.15, -0.1) is 0 Å². The van der Waals surface area contributed by atoms with Crippen molar-refractivity contribution in [2.45, 2.75) is 25.0 Å². The monoisotopic (exact) mass is 265 g/mol. The highest BCUT2D eigenvalue weighted by atomic mass is 32.2. The summed E-state index contributed by atoms with van der Waals surface area (Å²) in [6.07, 6.45) is 5.36. The van der Waals surface area contributed by atoms with Crippen LogP contribution in [0.2, 0.25) is 0 Å². The molecule has 0 atom stereocenters. The molecule has 0 aliphatic rings. The number of nitrogens with zero attached hydrogens (tertiary/aromatic N) is 4. The quantitative estimate of drug-likeness (QED) is 0.675. The number of ether oxygens (including phenoxy) is 1. The summed E-state index contributed by atoms with van der Waals surface area (Å²) in [6, 6.07) is 1.88. The Balaban J connectivity index is 2.19. The molecule has 2 aromatic rings. The molecule has 2 heterocycles. The van der Waals surface area contributed by atoms with E-state index in [0.717, 1.165) is 0 Å². The highest BCUT2D eigenvalue weighted by molar-refractivity contribution is 7.98. The molecule has 0 spiro atoms. The van der Waals surface area contributed by atoms with Gasteiger partial charge in [-0.25, -0.2) is 4.98 Å². The molecule has 0 radical (unpaired) electrons. The Hall–Kier alpha value is -1.76. The molecule has 2 aromatic heterocycles. The van der Waals surface area contributed by atoms with Crippen molar-refractivity contribution in [1.82, 2.24) is 19.7 Å². The normalized spacial score (nSPS) is 10.9. The number of hydrogen-bond donors (Lipinski definition) is 1. The average molecular weight is 265 g/mol. The maximum absolute atomic E-state index is 5.68. The van der Waals surface area contributed by atoms with Gasteiger partial charge in [0.2, 0.25) is 5.88 Å². The minimum absolute atomic E-state index is 0.291. The van der Waals surface area contributed by atoms with Gasteiger partial charge < -0.3 is 10.5 Å². The number of hydrogen-bond acceptors (Lipinski definition) is 6. The lowest BCUT2D eigenvalue weighted by atomic mass is 10.4. The van der Waals surface area contributed by atoms with Gasteiger partial charge in [0, 0.05) is 12.1 Å². The van der Waals surface area contributed by atoms with Crippen LogP contribution in [-0.2, 0) is 0 Å². The third-order valence-corrected chi connectivity index (χ3v) is 2.76. The van der Waals surface area contributed by atoms with E-state index in [1.165, 1.54) is 11.8 Å². The van der Waals surface area contributed by atoms with Crippen LogP contribution in [-0.4, -0.2) is 26.0 Å². The Morgan fingerprint density at radius 2 is 2.17 bits per heavy atom. The number of nitrogen functional groups attached to an aromatic ring is 1. The first-order valence-electron chi connectivity index (χ1n) is 5.49. The van der Waals surface area contributed by atoms with Crippen LogP contribution in [0, 0.1) is 0 Å². The second kappa shape index (κ2) is 5.26. The maximum Gasteiger partial charge on any atom is 0.225 e. The number of nitrogens with two attached hydrogens (primary N) is 1. The Morgan fingerprint density at radius 1 is 1.39 bits per heavy atom. The molecule has 6 nitrogen and oxygen atoms in total. The van der Waals surface area contributed by atoms with E-state index in [2.05, 4.69) is 15.1 Å². The zero-order chi connectivity index (χ0) is 13.1. The molecule has 0 aliphatic carbocycles. The van der Waals surface area contributed by atoms with Gasteiger partial charge in [0.15, 0.2) is 10.9 Å². The summed E-state index contributed by atoms with van der Waals surface area (Å²) in [5, 5.41) is 4.77. The van der Waals surface area contributed by atoms with E-state index in [-0.39, 0.29) is 0 Å². The summed E-state index contributed by atoms with van der Waals surface area (Å²) in [5.41, 5.74) is 5.68. The van der Waals surface area contributed by atoms with Gasteiger partial charge in [-0.2, -0.15) is 10.1 Å². The largest absolute Gasteiger partial charge is 0.435 e. The molecule has 18 heavy (non-hydrogen) atoms. The first kappa shape index (κ1) is 12.7. The zero-order valence-electron chi connectivity index (χ0n) is 10.5. The molecule has 0 saturated heterocycles. The average Bonchev–Trinajstić information content (AvgIpc) is 2.76. The van der Waals surface area contributed by atoms with Crippen molar-refractivity contribution >= 4 is 17.6 Å². The molecule has 0 aromatic carbocycles. The van der Waals surface area contributed by atoms with E-state index in [0.29, 0.717) is 28.6 Å². The van der Waals surface area contributed by atoms with Gasteiger partial charge in [-0.05, 0) is 20.1 Å². The number of anilines is 1. The molecular weight excluding hydrogens is 250 g/mol. The number of thioether (sulfide) groups is 1. The molecule has 2 rings (SSSR count). The van der Waals surface area contributed by atoms with Crippen LogP contribution >= 0.6 is 11.8 Å². The summed E-state index contributed by atoms with van der Waals surface area (Å²) >= 11 is 1.41. The fourth-order valence-corrected chi connectivity index (χ4v) is 1.72. The summed E-state index contributed by atoms with van der Waals surface area (Å²) < 4.78 is 7.42. The van der Waals surface area contributed by atoms with Crippen LogP contribution in [0.1, 0.15) is 19.9 Å². The van der Waals surface area contributed by atoms with Gasteiger partial charge in [0.25, 0.3) is 0 Å². The fourth-order valence-electron chi connectivity index (χ4n) is 1.34. The molecule has 0 aliphatic heterocycles. The summed E-state index contributed by atoms with van der Waals surface area (Å²) in [6.45, 7) is 4.09. The van der Waals surface area contributed by atoms with Crippen LogP contribution in [0.5, 0.6) is 11.6 Å². The Bertz CT molecular complexity index is 540. The molecule has 96 valence electrons. The highest BCUT2D eigenvalue weighted by Gasteiger charge is 2.07. The second-order valence-corrected chi connectivity index (χ2v) is 4.74. The topological polar surface area (TPSA) is 78.9 Å². The van der Waals surface area contributed by atoms with Gasteiger partial charge in [0.05, 0.1) is 12.4 Å². The maximum atomic E-state index is 5.68. The van der Waals surface area contributed by atoms with Crippen molar-refractivity contribution < 1.29 is 4.74 Å². The predicted octanol–water partition coefficient (Wildman–Crippen LogP) is 2.35. The predicted molar refractivity (Wildman–Crippen MR) is 70.9 cm³/mol. The van der Waals surface area contributed by atoms with E-state index >= 15 is 0 Å². The molecule has 0 amide bonds. The lowest BCUT2D eigenvalue weighted by Gasteiger charge is -2.05. The van der Waals surface area contributed by atoms with Crippen molar-refractivity contribution in [1.29, 1.82) is 0 Å². The van der Waals surface area contributed by atoms with E-state index in [1.807, 2.05) is 31.0 Å². The van der Waals surface area contributed by atoms with Crippen LogP contribution < -0.4 is 10.5 Å². The van der Waals surface area contributed by atoms with Gasteiger partial charge in [-0.3, -0.25) is 4.68 Å². The summed E-state index contributed by atoms with van der Waals surface area (Å²) in [7, 11) is 0. The van der Waals surface area contributed by atoms with E-state index in [9.17, 15) is 0 Å². The summed E-state index contributed by atoms with van der Waals surface area (Å²) in [5.74, 6) is 1.45. The zero-order valence-corrected chi connectivity index (χ0v) is 11.3. The van der Waals surface area contributed by atoms with Crippen LogP contribution in [0.4, 0.5) is 5.82 Å². The van der Waals surface area contributed by atoms with Gasteiger partial charge in [-0.1, -0.05) is 11.8 Å². The van der Waals surface area contributed by atoms with Crippen molar-refractivity contribution in [3.8, 4) is 11.6 Å². The molecule has 0 fully saturated rings. The molecule has 0 bridgehead atoms. The highest BCUT2D eigenvalue weighted by Crippen LogP contribution is 2.23. The van der Waals surface area contributed by atoms with Crippen LogP contribution in [0.15, 0.2) is 23.6 Å². The van der Waals surface area contributed by atoms with E-state index in [4.69, 9.17) is 10.5 Å². The first-order valence-corrected chi connectivity index (χ1v) is 6.71. The smallest absolute Gasteiger partial charge is 0.225 e. The Morgan fingerprint density at radius 3 is 2.78 bits per heavy atom. The molecule has 2 N–H and O–H groups in total. The molecular formula is C11H15N5OS. The van der Waals surface area contributed by atoms with Gasteiger partial charge in [0.1, 0.15) is 5.82 Å². The van der Waals surface area contributed by atoms with E-state index in [1.54, 1.807) is 12.3 Å². The number of aromatic nitrogens is 4. The Kier molecular flexibility index (Phi) is 3.71. The SMILES string of the molecule is CSc1nc(N)cc(Oc2cnn(C(C)C)c2)n1. The van der Waals surface area contributed by atoms with Gasteiger partial charge >= 0.3 is 0 Å². The third-order valence-electron chi connectivity index (χ3n) is 2.21. The number of rotatable bonds is 4. The van der Waals surface area contributed by atoms with Crippen LogP contribution in [0.3, 0.4) is 0 Å². The first-order chi connectivity index (χ1) is 8.58. The van der Waals surface area contributed by atoms with Crippen molar-refractivity contribution in [3.63, 3.8) is 0 Å². The van der Waals surface area contributed by atoms with Crippen LogP contribution in [0.25, 0.3) is 0 Å². The fraction of sp³-hybridized carbons (Fsp3) is 0.364. The third kappa shape index (κ3) is 2.92. The lowest BCUT2D eigenvalue weighted by molar-refractivity contribution is 0.453.